The molecule has 8 heteroatoms. The second kappa shape index (κ2) is 8.55. The van der Waals surface area contributed by atoms with Crippen molar-refractivity contribution >= 4 is 11.9 Å². The van der Waals surface area contributed by atoms with E-state index in [0.717, 1.165) is 6.92 Å². The fraction of sp³-hybridized carbons (Fsp3) is 0.412. The first-order chi connectivity index (χ1) is 11.8. The molecule has 0 atom stereocenters. The van der Waals surface area contributed by atoms with Crippen molar-refractivity contribution in [2.24, 2.45) is 0 Å². The van der Waals surface area contributed by atoms with Gasteiger partial charge in [0.05, 0.1) is 0 Å². The van der Waals surface area contributed by atoms with Gasteiger partial charge in [0.25, 0.3) is 0 Å². The van der Waals surface area contributed by atoms with Crippen molar-refractivity contribution in [3.05, 3.63) is 47.9 Å². The maximum Gasteiger partial charge on any atom is 0.413 e. The smallest absolute Gasteiger partial charge is 0.413 e. The predicted molar refractivity (Wildman–Crippen MR) is 86.9 cm³/mol. The molecule has 0 fully saturated rings. The number of aromatic nitrogens is 2. The van der Waals surface area contributed by atoms with Crippen molar-refractivity contribution in [3.63, 3.8) is 0 Å². The Bertz CT molecular complexity index is 698. The Balaban J connectivity index is 1.73. The maximum absolute atomic E-state index is 13.4. The van der Waals surface area contributed by atoms with Crippen LogP contribution < -0.4 is 5.32 Å². The van der Waals surface area contributed by atoms with Crippen LogP contribution in [0.5, 0.6) is 0 Å². The summed E-state index contributed by atoms with van der Waals surface area (Å²) in [6.45, 7) is 1.18. The number of alkyl halides is 2. The molecule has 0 aliphatic carbocycles. The van der Waals surface area contributed by atoms with Gasteiger partial charge in [-0.25, -0.2) is 18.0 Å². The molecule has 2 aromatic rings. The first-order valence-electron chi connectivity index (χ1n) is 7.92. The number of carbonyl (C=O) groups excluding carboxylic acids is 1. The summed E-state index contributed by atoms with van der Waals surface area (Å²) in [7, 11) is 0. The standard InChI is InChI=1S/C17H20F3N3O2/c1-17(19,20)9-4-5-10-23-11-8-15(22-23)21-16(24)25-12-13-6-2-3-7-14(13)18/h2-3,6-8,11H,4-5,9-10,12H2,1H3,(H,21,22,24). The van der Waals surface area contributed by atoms with E-state index in [0.29, 0.717) is 19.4 Å². The second-order valence-corrected chi connectivity index (χ2v) is 5.78. The molecule has 5 nitrogen and oxygen atoms in total. The Morgan fingerprint density at radius 1 is 1.28 bits per heavy atom. The number of hydrogen-bond donors (Lipinski definition) is 1. The van der Waals surface area contributed by atoms with Gasteiger partial charge in [-0.1, -0.05) is 18.2 Å². The van der Waals surface area contributed by atoms with Gasteiger partial charge >= 0.3 is 6.09 Å². The van der Waals surface area contributed by atoms with Gasteiger partial charge in [0, 0.05) is 30.8 Å². The van der Waals surface area contributed by atoms with E-state index in [4.69, 9.17) is 4.74 Å². The van der Waals surface area contributed by atoms with E-state index in [9.17, 15) is 18.0 Å². The highest BCUT2D eigenvalue weighted by molar-refractivity contribution is 5.83. The Hall–Kier alpha value is -2.51. The number of nitrogens with zero attached hydrogens (tertiary/aromatic N) is 2. The molecule has 2 rings (SSSR count). The number of amides is 1. The zero-order valence-electron chi connectivity index (χ0n) is 13.8. The number of hydrogen-bond acceptors (Lipinski definition) is 3. The van der Waals surface area contributed by atoms with Crippen molar-refractivity contribution in [3.8, 4) is 0 Å². The van der Waals surface area contributed by atoms with Crippen molar-refractivity contribution in [2.75, 3.05) is 5.32 Å². The molecule has 1 heterocycles. The molecule has 1 N–H and O–H groups in total. The third-order valence-electron chi connectivity index (χ3n) is 3.44. The van der Waals surface area contributed by atoms with Crippen LogP contribution in [0.4, 0.5) is 23.8 Å². The van der Waals surface area contributed by atoms with Crippen LogP contribution in [-0.4, -0.2) is 21.8 Å². The zero-order valence-corrected chi connectivity index (χ0v) is 13.8. The lowest BCUT2D eigenvalue weighted by atomic mass is 10.1. The minimum atomic E-state index is -2.65. The summed E-state index contributed by atoms with van der Waals surface area (Å²) in [5.41, 5.74) is 0.274. The summed E-state index contributed by atoms with van der Waals surface area (Å²) in [5, 5.41) is 6.53. The highest BCUT2D eigenvalue weighted by Gasteiger charge is 2.19. The molecule has 0 radical (unpaired) electrons. The largest absolute Gasteiger partial charge is 0.444 e. The lowest BCUT2D eigenvalue weighted by Crippen LogP contribution is -2.14. The van der Waals surface area contributed by atoms with E-state index in [2.05, 4.69) is 10.4 Å². The molecule has 136 valence electrons. The molecule has 1 amide bonds. The van der Waals surface area contributed by atoms with E-state index in [-0.39, 0.29) is 24.4 Å². The molecular formula is C17H20F3N3O2. The molecule has 0 bridgehead atoms. The second-order valence-electron chi connectivity index (χ2n) is 5.78. The van der Waals surface area contributed by atoms with Crippen LogP contribution in [0.2, 0.25) is 0 Å². The lowest BCUT2D eigenvalue weighted by Gasteiger charge is -2.09. The molecule has 25 heavy (non-hydrogen) atoms. The molecule has 1 aromatic heterocycles. The zero-order chi connectivity index (χ0) is 18.3. The topological polar surface area (TPSA) is 56.2 Å². The fourth-order valence-electron chi connectivity index (χ4n) is 2.16. The quantitative estimate of drug-likeness (QED) is 0.704. The lowest BCUT2D eigenvalue weighted by molar-refractivity contribution is 0.0102. The average molecular weight is 355 g/mol. The minimum Gasteiger partial charge on any atom is -0.444 e. The van der Waals surface area contributed by atoms with Crippen LogP contribution in [0.15, 0.2) is 36.5 Å². The van der Waals surface area contributed by atoms with Crippen LogP contribution in [0.25, 0.3) is 0 Å². The predicted octanol–water partition coefficient (Wildman–Crippen LogP) is 4.60. The van der Waals surface area contributed by atoms with Gasteiger partial charge < -0.3 is 4.74 Å². The van der Waals surface area contributed by atoms with Crippen molar-refractivity contribution in [1.82, 2.24) is 9.78 Å². The number of anilines is 1. The van der Waals surface area contributed by atoms with Gasteiger partial charge in [0.15, 0.2) is 5.82 Å². The van der Waals surface area contributed by atoms with Crippen LogP contribution in [-0.2, 0) is 17.9 Å². The van der Waals surface area contributed by atoms with Crippen LogP contribution in [0.3, 0.4) is 0 Å². The van der Waals surface area contributed by atoms with Gasteiger partial charge in [0.1, 0.15) is 12.4 Å². The highest BCUT2D eigenvalue weighted by Crippen LogP contribution is 2.20. The molecule has 0 saturated heterocycles. The molecular weight excluding hydrogens is 335 g/mol. The molecule has 0 unspecified atom stereocenters. The summed E-state index contributed by atoms with van der Waals surface area (Å²) in [6, 6.07) is 7.57. The molecule has 0 aliphatic heterocycles. The Morgan fingerprint density at radius 3 is 2.76 bits per heavy atom. The Morgan fingerprint density at radius 2 is 2.04 bits per heavy atom. The number of benzene rings is 1. The van der Waals surface area contributed by atoms with Crippen LogP contribution >= 0.6 is 0 Å². The van der Waals surface area contributed by atoms with Gasteiger partial charge in [-0.15, -0.1) is 0 Å². The molecule has 0 spiro atoms. The number of ether oxygens (including phenoxy) is 1. The van der Waals surface area contributed by atoms with Gasteiger partial charge in [-0.05, 0) is 25.8 Å². The summed E-state index contributed by atoms with van der Waals surface area (Å²) >= 11 is 0. The number of nitrogens with one attached hydrogen (secondary N) is 1. The third-order valence-corrected chi connectivity index (χ3v) is 3.44. The Labute approximate surface area is 143 Å². The monoisotopic (exact) mass is 355 g/mol. The SMILES string of the molecule is CC(F)(F)CCCCn1ccc(NC(=O)OCc2ccccc2F)n1. The van der Waals surface area contributed by atoms with Crippen LogP contribution in [0, 0.1) is 5.82 Å². The van der Waals surface area contributed by atoms with Crippen molar-refractivity contribution in [2.45, 2.75) is 45.3 Å². The van der Waals surface area contributed by atoms with E-state index in [1.54, 1.807) is 29.1 Å². The average Bonchev–Trinajstić information content (AvgIpc) is 2.97. The van der Waals surface area contributed by atoms with E-state index < -0.39 is 17.8 Å². The normalized spacial score (nSPS) is 11.4. The first-order valence-corrected chi connectivity index (χ1v) is 7.92. The number of carbonyl (C=O) groups is 1. The first kappa shape index (κ1) is 18.8. The van der Waals surface area contributed by atoms with Crippen molar-refractivity contribution < 1.29 is 22.7 Å². The van der Waals surface area contributed by atoms with E-state index in [1.807, 2.05) is 0 Å². The number of unbranched alkanes of at least 4 members (excludes halogenated alkanes) is 1. The summed E-state index contributed by atoms with van der Waals surface area (Å²) in [4.78, 5) is 11.7. The van der Waals surface area contributed by atoms with E-state index >= 15 is 0 Å². The molecule has 0 aliphatic rings. The minimum absolute atomic E-state index is 0.165. The van der Waals surface area contributed by atoms with Gasteiger partial charge in [-0.3, -0.25) is 10.00 Å². The third kappa shape index (κ3) is 6.86. The summed E-state index contributed by atoms with van der Waals surface area (Å²) in [5.74, 6) is -2.82. The number of rotatable bonds is 8. The summed E-state index contributed by atoms with van der Waals surface area (Å²) < 4.78 is 45.3. The van der Waals surface area contributed by atoms with Crippen LogP contribution in [0.1, 0.15) is 31.7 Å². The maximum atomic E-state index is 13.4. The summed E-state index contributed by atoms with van der Waals surface area (Å²) in [6.07, 6.45) is 1.66. The number of aryl methyl sites for hydroxylation is 1. The van der Waals surface area contributed by atoms with E-state index in [1.165, 1.54) is 12.1 Å². The van der Waals surface area contributed by atoms with Gasteiger partial charge in [-0.2, -0.15) is 5.10 Å². The number of halogens is 3. The Kier molecular flexibility index (Phi) is 6.44. The van der Waals surface area contributed by atoms with Gasteiger partial charge in [0.2, 0.25) is 5.92 Å². The molecule has 1 aromatic carbocycles. The molecule has 0 saturated carbocycles. The van der Waals surface area contributed by atoms with Crippen molar-refractivity contribution in [1.29, 1.82) is 0 Å². The fourth-order valence-corrected chi connectivity index (χ4v) is 2.16. The highest BCUT2D eigenvalue weighted by atomic mass is 19.3.